The predicted octanol–water partition coefficient (Wildman–Crippen LogP) is 3.65. The van der Waals surface area contributed by atoms with Crippen LogP contribution in [0.5, 0.6) is 0 Å². The van der Waals surface area contributed by atoms with E-state index in [4.69, 9.17) is 0 Å². The standard InChI is InChI=1S/C23H22N4O2/c28-21(14-19-15-6-1-2-7-16(15)23(29)26-19)25-18-9-10-20(27-12-3-4-13-27)22-17(18)8-5-11-24-22/h1-2,5-11,19H,3-4,12-14H2,(H,25,28)(H,26,29). The highest BCUT2D eigenvalue weighted by atomic mass is 16.2. The third-order valence-corrected chi connectivity index (χ3v) is 5.74. The van der Waals surface area contributed by atoms with E-state index < -0.39 is 0 Å². The van der Waals surface area contributed by atoms with Crippen LogP contribution in [-0.2, 0) is 4.79 Å². The fraction of sp³-hybridized carbons (Fsp3) is 0.261. The number of benzene rings is 2. The highest BCUT2D eigenvalue weighted by Gasteiger charge is 2.29. The second-order valence-electron chi connectivity index (χ2n) is 7.59. The van der Waals surface area contributed by atoms with E-state index in [0.29, 0.717) is 5.56 Å². The van der Waals surface area contributed by atoms with E-state index in [-0.39, 0.29) is 24.3 Å². The molecule has 0 radical (unpaired) electrons. The quantitative estimate of drug-likeness (QED) is 0.718. The zero-order valence-electron chi connectivity index (χ0n) is 16.0. The summed E-state index contributed by atoms with van der Waals surface area (Å²) < 4.78 is 0. The zero-order valence-corrected chi connectivity index (χ0v) is 16.0. The maximum Gasteiger partial charge on any atom is 0.252 e. The van der Waals surface area contributed by atoms with Crippen molar-refractivity contribution in [3.63, 3.8) is 0 Å². The van der Waals surface area contributed by atoms with E-state index in [9.17, 15) is 9.59 Å². The monoisotopic (exact) mass is 386 g/mol. The molecule has 1 saturated heterocycles. The first-order chi connectivity index (χ1) is 14.2. The molecule has 0 aliphatic carbocycles. The first-order valence-corrected chi connectivity index (χ1v) is 10.0. The smallest absolute Gasteiger partial charge is 0.252 e. The van der Waals surface area contributed by atoms with Crippen molar-refractivity contribution in [2.45, 2.75) is 25.3 Å². The third-order valence-electron chi connectivity index (χ3n) is 5.74. The molecule has 1 atom stereocenters. The van der Waals surface area contributed by atoms with Crippen molar-refractivity contribution in [3.05, 3.63) is 65.9 Å². The first-order valence-electron chi connectivity index (χ1n) is 10.0. The second-order valence-corrected chi connectivity index (χ2v) is 7.59. The number of aromatic nitrogens is 1. The Balaban J connectivity index is 1.39. The van der Waals surface area contributed by atoms with Crippen LogP contribution >= 0.6 is 0 Å². The molecule has 0 bridgehead atoms. The maximum atomic E-state index is 12.8. The Morgan fingerprint density at radius 1 is 1.10 bits per heavy atom. The Bertz CT molecular complexity index is 1100. The summed E-state index contributed by atoms with van der Waals surface area (Å²) in [5, 5.41) is 6.86. The molecule has 2 aliphatic rings. The molecule has 3 heterocycles. The van der Waals surface area contributed by atoms with Crippen LogP contribution in [0.25, 0.3) is 10.9 Å². The van der Waals surface area contributed by atoms with Crippen LogP contribution < -0.4 is 15.5 Å². The minimum atomic E-state index is -0.299. The van der Waals surface area contributed by atoms with Gasteiger partial charge >= 0.3 is 0 Å². The topological polar surface area (TPSA) is 74.3 Å². The SMILES string of the molecule is O=C(CC1NC(=O)c2ccccc21)Nc1ccc(N2CCCC2)c2ncccc12. The van der Waals surface area contributed by atoms with Crippen molar-refractivity contribution in [3.8, 4) is 0 Å². The van der Waals surface area contributed by atoms with Crippen molar-refractivity contribution in [2.75, 3.05) is 23.3 Å². The number of fused-ring (bicyclic) bond motifs is 2. The lowest BCUT2D eigenvalue weighted by molar-refractivity contribution is -0.116. The van der Waals surface area contributed by atoms with E-state index >= 15 is 0 Å². The number of anilines is 2. The number of amides is 2. The number of hydrogen-bond acceptors (Lipinski definition) is 4. The largest absolute Gasteiger partial charge is 0.370 e. The van der Waals surface area contributed by atoms with Gasteiger partial charge in [-0.3, -0.25) is 14.6 Å². The van der Waals surface area contributed by atoms with Crippen LogP contribution in [0.2, 0.25) is 0 Å². The van der Waals surface area contributed by atoms with E-state index in [0.717, 1.165) is 40.9 Å². The molecule has 2 aromatic carbocycles. The highest BCUT2D eigenvalue weighted by Crippen LogP contribution is 2.33. The molecular weight excluding hydrogens is 364 g/mol. The third kappa shape index (κ3) is 3.20. The van der Waals surface area contributed by atoms with Gasteiger partial charge in [0, 0.05) is 30.2 Å². The molecule has 0 saturated carbocycles. The summed E-state index contributed by atoms with van der Waals surface area (Å²) in [4.78, 5) is 31.8. The molecule has 2 N–H and O–H groups in total. The number of rotatable bonds is 4. The van der Waals surface area contributed by atoms with Gasteiger partial charge in [0.2, 0.25) is 5.91 Å². The van der Waals surface area contributed by atoms with E-state index in [1.54, 1.807) is 12.3 Å². The fourth-order valence-electron chi connectivity index (χ4n) is 4.35. The molecular formula is C23H22N4O2. The van der Waals surface area contributed by atoms with Crippen molar-refractivity contribution >= 4 is 34.1 Å². The van der Waals surface area contributed by atoms with Crippen LogP contribution in [0.3, 0.4) is 0 Å². The van der Waals surface area contributed by atoms with Crippen LogP contribution in [0.4, 0.5) is 11.4 Å². The zero-order chi connectivity index (χ0) is 19.8. The Morgan fingerprint density at radius 3 is 2.79 bits per heavy atom. The normalized spacial score (nSPS) is 18.0. The van der Waals surface area contributed by atoms with E-state index in [2.05, 4.69) is 20.5 Å². The summed E-state index contributed by atoms with van der Waals surface area (Å²) in [5.74, 6) is -0.255. The Labute approximate surface area is 168 Å². The van der Waals surface area contributed by atoms with Gasteiger partial charge in [0.25, 0.3) is 5.91 Å². The van der Waals surface area contributed by atoms with Gasteiger partial charge in [-0.25, -0.2) is 0 Å². The number of carbonyl (C=O) groups is 2. The lowest BCUT2D eigenvalue weighted by Crippen LogP contribution is -2.24. The molecule has 2 amide bonds. The summed E-state index contributed by atoms with van der Waals surface area (Å²) >= 11 is 0. The average molecular weight is 386 g/mol. The molecule has 29 heavy (non-hydrogen) atoms. The molecule has 3 aromatic rings. The van der Waals surface area contributed by atoms with Gasteiger partial charge in [-0.2, -0.15) is 0 Å². The van der Waals surface area contributed by atoms with E-state index in [1.807, 2.05) is 42.5 Å². The number of pyridine rings is 1. The first kappa shape index (κ1) is 17.7. The highest BCUT2D eigenvalue weighted by molar-refractivity contribution is 6.06. The van der Waals surface area contributed by atoms with Gasteiger partial charge in [-0.1, -0.05) is 18.2 Å². The summed E-state index contributed by atoms with van der Waals surface area (Å²) in [6.45, 7) is 2.08. The molecule has 1 unspecified atom stereocenters. The van der Waals surface area contributed by atoms with E-state index in [1.165, 1.54) is 12.8 Å². The summed E-state index contributed by atoms with van der Waals surface area (Å²) in [6.07, 6.45) is 4.37. The van der Waals surface area contributed by atoms with Gasteiger partial charge in [-0.15, -0.1) is 0 Å². The van der Waals surface area contributed by atoms with Crippen LogP contribution in [-0.4, -0.2) is 29.9 Å². The van der Waals surface area contributed by atoms with Crippen LogP contribution in [0, 0.1) is 0 Å². The minimum absolute atomic E-state index is 0.122. The minimum Gasteiger partial charge on any atom is -0.370 e. The van der Waals surface area contributed by atoms with Gasteiger partial charge in [0.05, 0.1) is 29.4 Å². The number of nitrogens with one attached hydrogen (secondary N) is 2. The van der Waals surface area contributed by atoms with Crippen molar-refractivity contribution < 1.29 is 9.59 Å². The summed E-state index contributed by atoms with van der Waals surface area (Å²) in [7, 11) is 0. The summed E-state index contributed by atoms with van der Waals surface area (Å²) in [5.41, 5.74) is 4.30. The number of hydrogen-bond donors (Lipinski definition) is 2. The molecule has 146 valence electrons. The Hall–Kier alpha value is -3.41. The molecule has 6 heteroatoms. The molecule has 1 fully saturated rings. The van der Waals surface area contributed by atoms with Crippen molar-refractivity contribution in [1.29, 1.82) is 0 Å². The summed E-state index contributed by atoms with van der Waals surface area (Å²) in [6, 6.07) is 15.0. The Morgan fingerprint density at radius 2 is 1.93 bits per heavy atom. The van der Waals surface area contributed by atoms with Crippen LogP contribution in [0.1, 0.15) is 41.2 Å². The van der Waals surface area contributed by atoms with Gasteiger partial charge in [0.15, 0.2) is 0 Å². The molecule has 1 aromatic heterocycles. The Kier molecular flexibility index (Phi) is 4.39. The van der Waals surface area contributed by atoms with Gasteiger partial charge < -0.3 is 15.5 Å². The second kappa shape index (κ2) is 7.20. The van der Waals surface area contributed by atoms with Crippen molar-refractivity contribution in [1.82, 2.24) is 10.3 Å². The number of nitrogens with zero attached hydrogens (tertiary/aromatic N) is 2. The average Bonchev–Trinajstić information content (AvgIpc) is 3.38. The van der Waals surface area contributed by atoms with Crippen molar-refractivity contribution in [2.24, 2.45) is 0 Å². The molecule has 0 spiro atoms. The van der Waals surface area contributed by atoms with Gasteiger partial charge in [-0.05, 0) is 48.7 Å². The lowest BCUT2D eigenvalue weighted by Gasteiger charge is -2.20. The molecule has 6 nitrogen and oxygen atoms in total. The molecule has 2 aliphatic heterocycles. The fourth-order valence-corrected chi connectivity index (χ4v) is 4.35. The van der Waals surface area contributed by atoms with Gasteiger partial charge in [0.1, 0.15) is 0 Å². The maximum absolute atomic E-state index is 12.8. The lowest BCUT2D eigenvalue weighted by atomic mass is 10.0. The predicted molar refractivity (Wildman–Crippen MR) is 113 cm³/mol. The number of carbonyl (C=O) groups excluding carboxylic acids is 2. The van der Waals surface area contributed by atoms with Crippen LogP contribution in [0.15, 0.2) is 54.7 Å². The molecule has 5 rings (SSSR count).